The molecule has 2 aliphatic heterocycles. The molecule has 1 N–H and O–H groups in total. The molecule has 2 nitrogen and oxygen atoms in total. The Morgan fingerprint density at radius 1 is 1.33 bits per heavy atom. The largest absolute Gasteiger partial charge is 0.311 e. The van der Waals surface area contributed by atoms with Crippen LogP contribution in [0.4, 0.5) is 0 Å². The van der Waals surface area contributed by atoms with Crippen molar-refractivity contribution in [3.8, 4) is 0 Å². The standard InChI is InChI=1S/C8H16N2.C2H6/c1-6(2)10-5-7-3-8(10)4-9-7;1-2/h6-9H,3-5H2,1-2H3;1-2H3. The third-order valence-corrected chi connectivity index (χ3v) is 2.76. The Kier molecular flexibility index (Phi) is 3.53. The average molecular weight is 170 g/mol. The molecule has 0 aliphatic carbocycles. The van der Waals surface area contributed by atoms with Gasteiger partial charge in [0.25, 0.3) is 0 Å². The number of fused-ring (bicyclic) bond motifs is 2. The summed E-state index contributed by atoms with van der Waals surface area (Å²) < 4.78 is 0. The highest BCUT2D eigenvalue weighted by Crippen LogP contribution is 2.24. The van der Waals surface area contributed by atoms with Crippen molar-refractivity contribution in [2.45, 2.75) is 52.2 Å². The van der Waals surface area contributed by atoms with Crippen LogP contribution < -0.4 is 5.32 Å². The number of nitrogens with zero attached hydrogens (tertiary/aromatic N) is 1. The first-order chi connectivity index (χ1) is 5.77. The molecule has 0 aromatic heterocycles. The lowest BCUT2D eigenvalue weighted by atomic mass is 10.2. The topological polar surface area (TPSA) is 15.3 Å². The van der Waals surface area contributed by atoms with Gasteiger partial charge in [0, 0.05) is 31.2 Å². The minimum absolute atomic E-state index is 0.747. The van der Waals surface area contributed by atoms with E-state index in [4.69, 9.17) is 0 Å². The van der Waals surface area contributed by atoms with E-state index < -0.39 is 0 Å². The molecule has 12 heavy (non-hydrogen) atoms. The van der Waals surface area contributed by atoms with Crippen molar-refractivity contribution in [3.63, 3.8) is 0 Å². The van der Waals surface area contributed by atoms with Gasteiger partial charge in [-0.3, -0.25) is 4.90 Å². The maximum Gasteiger partial charge on any atom is 0.0239 e. The van der Waals surface area contributed by atoms with Gasteiger partial charge in [0.1, 0.15) is 0 Å². The highest BCUT2D eigenvalue weighted by molar-refractivity contribution is 4.98. The van der Waals surface area contributed by atoms with E-state index in [1.165, 1.54) is 19.5 Å². The molecule has 2 heterocycles. The molecule has 0 aromatic rings. The van der Waals surface area contributed by atoms with Crippen LogP contribution in [0, 0.1) is 0 Å². The third kappa shape index (κ3) is 1.80. The van der Waals surface area contributed by atoms with Gasteiger partial charge in [0.2, 0.25) is 0 Å². The van der Waals surface area contributed by atoms with Gasteiger partial charge in [-0.05, 0) is 20.3 Å². The Balaban J connectivity index is 0.000000336. The molecule has 2 fully saturated rings. The molecule has 0 radical (unpaired) electrons. The summed E-state index contributed by atoms with van der Waals surface area (Å²) in [6, 6.07) is 2.41. The van der Waals surface area contributed by atoms with Crippen molar-refractivity contribution in [3.05, 3.63) is 0 Å². The zero-order chi connectivity index (χ0) is 9.14. The maximum absolute atomic E-state index is 3.50. The molecular formula is C10H22N2. The van der Waals surface area contributed by atoms with E-state index in [2.05, 4.69) is 24.1 Å². The Labute approximate surface area is 76.3 Å². The van der Waals surface area contributed by atoms with Gasteiger partial charge >= 0.3 is 0 Å². The zero-order valence-corrected chi connectivity index (χ0v) is 8.80. The second-order valence-electron chi connectivity index (χ2n) is 3.79. The third-order valence-electron chi connectivity index (χ3n) is 2.76. The minimum Gasteiger partial charge on any atom is -0.311 e. The summed E-state index contributed by atoms with van der Waals surface area (Å²) >= 11 is 0. The summed E-state index contributed by atoms with van der Waals surface area (Å²) in [6.07, 6.45) is 1.39. The molecular weight excluding hydrogens is 148 g/mol. The second kappa shape index (κ2) is 4.24. The van der Waals surface area contributed by atoms with E-state index in [1.807, 2.05) is 13.8 Å². The van der Waals surface area contributed by atoms with Crippen LogP contribution in [-0.4, -0.2) is 36.1 Å². The van der Waals surface area contributed by atoms with Crippen molar-refractivity contribution in [2.24, 2.45) is 0 Å². The lowest BCUT2D eigenvalue weighted by molar-refractivity contribution is 0.181. The molecule has 0 amide bonds. The molecule has 2 atom stereocenters. The Morgan fingerprint density at radius 2 is 2.00 bits per heavy atom. The van der Waals surface area contributed by atoms with E-state index in [-0.39, 0.29) is 0 Å². The molecule has 2 unspecified atom stereocenters. The average Bonchev–Trinajstić information content (AvgIpc) is 2.67. The van der Waals surface area contributed by atoms with Crippen molar-refractivity contribution >= 4 is 0 Å². The summed E-state index contributed by atoms with van der Waals surface area (Å²) in [5.74, 6) is 0. The first-order valence-electron chi connectivity index (χ1n) is 5.26. The molecule has 72 valence electrons. The van der Waals surface area contributed by atoms with Crippen LogP contribution in [0.1, 0.15) is 34.1 Å². The number of piperazine rings is 1. The predicted octanol–water partition coefficient (Wildman–Crippen LogP) is 1.47. The zero-order valence-electron chi connectivity index (χ0n) is 8.80. The fourth-order valence-electron chi connectivity index (χ4n) is 2.23. The van der Waals surface area contributed by atoms with Crippen molar-refractivity contribution in [1.82, 2.24) is 10.2 Å². The summed E-state index contributed by atoms with van der Waals surface area (Å²) in [7, 11) is 0. The first kappa shape index (κ1) is 10.0. The Morgan fingerprint density at radius 3 is 2.25 bits per heavy atom. The molecule has 2 saturated heterocycles. The van der Waals surface area contributed by atoms with E-state index >= 15 is 0 Å². The number of likely N-dealkylation sites (tertiary alicyclic amines) is 1. The van der Waals surface area contributed by atoms with Crippen LogP contribution in [0.3, 0.4) is 0 Å². The first-order valence-corrected chi connectivity index (χ1v) is 5.26. The minimum atomic E-state index is 0.747. The summed E-state index contributed by atoms with van der Waals surface area (Å²) in [5.41, 5.74) is 0. The molecule has 0 saturated carbocycles. The SMILES string of the molecule is CC.CC(C)N1CC2CC1CN2. The van der Waals surface area contributed by atoms with Crippen molar-refractivity contribution in [1.29, 1.82) is 0 Å². The van der Waals surface area contributed by atoms with Gasteiger partial charge in [-0.1, -0.05) is 13.8 Å². The van der Waals surface area contributed by atoms with E-state index in [0.29, 0.717) is 0 Å². The van der Waals surface area contributed by atoms with Crippen LogP contribution in [0.25, 0.3) is 0 Å². The molecule has 2 bridgehead atoms. The summed E-state index contributed by atoms with van der Waals surface area (Å²) in [4.78, 5) is 2.61. The highest BCUT2D eigenvalue weighted by atomic mass is 15.3. The molecule has 0 spiro atoms. The van der Waals surface area contributed by atoms with Gasteiger partial charge in [0.05, 0.1) is 0 Å². The summed E-state index contributed by atoms with van der Waals surface area (Å²) in [5, 5.41) is 3.50. The van der Waals surface area contributed by atoms with Crippen LogP contribution in [0.5, 0.6) is 0 Å². The lowest BCUT2D eigenvalue weighted by Crippen LogP contribution is -2.46. The van der Waals surface area contributed by atoms with E-state index in [0.717, 1.165) is 18.1 Å². The summed E-state index contributed by atoms with van der Waals surface area (Å²) in [6.45, 7) is 11.1. The van der Waals surface area contributed by atoms with Gasteiger partial charge in [-0.15, -0.1) is 0 Å². The molecule has 2 heteroatoms. The monoisotopic (exact) mass is 170 g/mol. The second-order valence-corrected chi connectivity index (χ2v) is 3.79. The van der Waals surface area contributed by atoms with Crippen LogP contribution >= 0.6 is 0 Å². The van der Waals surface area contributed by atoms with Crippen LogP contribution in [0.2, 0.25) is 0 Å². The van der Waals surface area contributed by atoms with Gasteiger partial charge in [0.15, 0.2) is 0 Å². The Hall–Kier alpha value is -0.0800. The van der Waals surface area contributed by atoms with Crippen LogP contribution in [0.15, 0.2) is 0 Å². The smallest absolute Gasteiger partial charge is 0.0239 e. The lowest BCUT2D eigenvalue weighted by Gasteiger charge is -2.30. The predicted molar refractivity (Wildman–Crippen MR) is 53.4 cm³/mol. The van der Waals surface area contributed by atoms with Gasteiger partial charge in [-0.2, -0.15) is 0 Å². The fourth-order valence-corrected chi connectivity index (χ4v) is 2.23. The maximum atomic E-state index is 3.50. The quantitative estimate of drug-likeness (QED) is 0.641. The van der Waals surface area contributed by atoms with Crippen molar-refractivity contribution < 1.29 is 0 Å². The van der Waals surface area contributed by atoms with Gasteiger partial charge < -0.3 is 5.32 Å². The van der Waals surface area contributed by atoms with Gasteiger partial charge in [-0.25, -0.2) is 0 Å². The molecule has 2 rings (SSSR count). The number of nitrogens with one attached hydrogen (secondary N) is 1. The van der Waals surface area contributed by atoms with Crippen LogP contribution in [-0.2, 0) is 0 Å². The normalized spacial score (nSPS) is 33.8. The Bertz CT molecular complexity index is 134. The van der Waals surface area contributed by atoms with E-state index in [1.54, 1.807) is 0 Å². The number of rotatable bonds is 1. The number of hydrogen-bond acceptors (Lipinski definition) is 2. The highest BCUT2D eigenvalue weighted by Gasteiger charge is 2.38. The molecule has 0 aromatic carbocycles. The fraction of sp³-hybridized carbons (Fsp3) is 1.00. The van der Waals surface area contributed by atoms with E-state index in [9.17, 15) is 0 Å². The molecule has 2 aliphatic rings. The number of hydrogen-bond donors (Lipinski definition) is 1. The van der Waals surface area contributed by atoms with Crippen molar-refractivity contribution in [2.75, 3.05) is 13.1 Å².